The van der Waals surface area contributed by atoms with Crippen molar-refractivity contribution in [1.82, 2.24) is 10.4 Å². The third-order valence-electron chi connectivity index (χ3n) is 6.55. The second-order valence-corrected chi connectivity index (χ2v) is 10.3. The van der Waals surface area contributed by atoms with Crippen molar-refractivity contribution >= 4 is 45.0 Å². The van der Waals surface area contributed by atoms with E-state index in [0.717, 1.165) is 32.8 Å². The molecule has 6 rings (SSSR count). The Morgan fingerprint density at radius 2 is 1.71 bits per heavy atom. The number of aromatic nitrogens is 1. The fraction of sp³-hybridized carbons (Fsp3) is 0.0294. The molecular formula is C34H25FN4O2S. The Labute approximate surface area is 246 Å². The summed E-state index contributed by atoms with van der Waals surface area (Å²) in [6.07, 6.45) is 1.58. The van der Waals surface area contributed by atoms with E-state index in [1.165, 1.54) is 23.5 Å². The molecule has 0 saturated carbocycles. The van der Waals surface area contributed by atoms with Crippen LogP contribution in [0.4, 0.5) is 15.2 Å². The number of para-hydroxylation sites is 1. The molecule has 0 atom stereocenters. The second kappa shape index (κ2) is 12.4. The fourth-order valence-corrected chi connectivity index (χ4v) is 5.18. The van der Waals surface area contributed by atoms with Gasteiger partial charge in [0.15, 0.2) is 5.13 Å². The van der Waals surface area contributed by atoms with E-state index < -0.39 is 0 Å². The first kappa shape index (κ1) is 26.9. The van der Waals surface area contributed by atoms with Gasteiger partial charge in [-0.25, -0.2) is 14.8 Å². The minimum Gasteiger partial charge on any atom is -0.488 e. The van der Waals surface area contributed by atoms with E-state index in [9.17, 15) is 9.18 Å². The minimum atomic E-state index is -0.343. The Balaban J connectivity index is 1.14. The van der Waals surface area contributed by atoms with Crippen LogP contribution in [-0.4, -0.2) is 17.1 Å². The largest absolute Gasteiger partial charge is 0.488 e. The monoisotopic (exact) mass is 572 g/mol. The first-order valence-corrected chi connectivity index (χ1v) is 14.1. The van der Waals surface area contributed by atoms with Crippen LogP contribution < -0.4 is 15.5 Å². The molecule has 0 bridgehead atoms. The number of nitrogens with zero attached hydrogens (tertiary/aromatic N) is 2. The SMILES string of the molecule is O=C(N/N=C\c1c(OCc2cccc(F)c2)ccc2ccccc12)c1ccc(-c2csc(Nc3ccccc3)n2)cc1. The summed E-state index contributed by atoms with van der Waals surface area (Å²) in [7, 11) is 0. The summed E-state index contributed by atoms with van der Waals surface area (Å²) in [6.45, 7) is 0.193. The maximum atomic E-state index is 13.6. The number of carbonyl (C=O) groups is 1. The van der Waals surface area contributed by atoms with Crippen LogP contribution in [0.25, 0.3) is 22.0 Å². The van der Waals surface area contributed by atoms with E-state index in [-0.39, 0.29) is 18.3 Å². The number of halogens is 1. The number of fused-ring (bicyclic) bond motifs is 1. The van der Waals surface area contributed by atoms with E-state index in [0.29, 0.717) is 22.4 Å². The van der Waals surface area contributed by atoms with Gasteiger partial charge in [-0.05, 0) is 58.8 Å². The van der Waals surface area contributed by atoms with Crippen LogP contribution in [0, 0.1) is 5.82 Å². The molecule has 0 aliphatic rings. The lowest BCUT2D eigenvalue weighted by atomic mass is 10.0. The van der Waals surface area contributed by atoms with Gasteiger partial charge < -0.3 is 10.1 Å². The quantitative estimate of drug-likeness (QED) is 0.135. The summed E-state index contributed by atoms with van der Waals surface area (Å²) in [5, 5.41) is 12.2. The van der Waals surface area contributed by atoms with Gasteiger partial charge in [-0.15, -0.1) is 11.3 Å². The van der Waals surface area contributed by atoms with Gasteiger partial charge in [0.25, 0.3) is 5.91 Å². The Bertz CT molecular complexity index is 1870. The van der Waals surface area contributed by atoms with Gasteiger partial charge in [-0.3, -0.25) is 4.79 Å². The highest BCUT2D eigenvalue weighted by Crippen LogP contribution is 2.29. The third-order valence-corrected chi connectivity index (χ3v) is 7.30. The molecule has 6 nitrogen and oxygen atoms in total. The van der Waals surface area contributed by atoms with Gasteiger partial charge in [-0.1, -0.05) is 72.8 Å². The molecule has 8 heteroatoms. The van der Waals surface area contributed by atoms with Crippen LogP contribution in [-0.2, 0) is 6.61 Å². The number of hydrogen-bond acceptors (Lipinski definition) is 6. The molecular weight excluding hydrogens is 547 g/mol. The van der Waals surface area contributed by atoms with Crippen molar-refractivity contribution in [1.29, 1.82) is 0 Å². The van der Waals surface area contributed by atoms with Gasteiger partial charge in [0.1, 0.15) is 18.2 Å². The molecule has 0 saturated heterocycles. The normalized spacial score (nSPS) is 11.1. The third kappa shape index (κ3) is 6.35. The Hall–Kier alpha value is -5.34. The summed E-state index contributed by atoms with van der Waals surface area (Å²) in [4.78, 5) is 17.5. The predicted octanol–water partition coefficient (Wildman–Crippen LogP) is 8.19. The lowest BCUT2D eigenvalue weighted by Crippen LogP contribution is -2.17. The van der Waals surface area contributed by atoms with Crippen molar-refractivity contribution in [2.75, 3.05) is 5.32 Å². The zero-order valence-electron chi connectivity index (χ0n) is 22.3. The minimum absolute atomic E-state index is 0.193. The van der Waals surface area contributed by atoms with Crippen molar-refractivity contribution in [2.24, 2.45) is 5.10 Å². The van der Waals surface area contributed by atoms with Gasteiger partial charge in [0.2, 0.25) is 0 Å². The smallest absolute Gasteiger partial charge is 0.271 e. The number of anilines is 2. The van der Waals surface area contributed by atoms with Crippen molar-refractivity contribution in [3.05, 3.63) is 143 Å². The van der Waals surface area contributed by atoms with Crippen molar-refractivity contribution in [3.63, 3.8) is 0 Å². The highest BCUT2D eigenvalue weighted by Gasteiger charge is 2.10. The molecule has 1 heterocycles. The van der Waals surface area contributed by atoms with E-state index in [4.69, 9.17) is 4.74 Å². The Morgan fingerprint density at radius 1 is 0.905 bits per heavy atom. The van der Waals surface area contributed by atoms with Gasteiger partial charge in [0.05, 0.1) is 11.9 Å². The lowest BCUT2D eigenvalue weighted by molar-refractivity contribution is 0.0955. The molecule has 0 fully saturated rings. The van der Waals surface area contributed by atoms with Crippen LogP contribution >= 0.6 is 11.3 Å². The lowest BCUT2D eigenvalue weighted by Gasteiger charge is -2.12. The number of hydrazone groups is 1. The maximum Gasteiger partial charge on any atom is 0.271 e. The molecule has 0 radical (unpaired) electrons. The summed E-state index contributed by atoms with van der Waals surface area (Å²) < 4.78 is 19.7. The van der Waals surface area contributed by atoms with E-state index in [1.807, 2.05) is 84.2 Å². The highest BCUT2D eigenvalue weighted by atomic mass is 32.1. The zero-order valence-corrected chi connectivity index (χ0v) is 23.1. The highest BCUT2D eigenvalue weighted by molar-refractivity contribution is 7.14. The number of thiazole rings is 1. The molecule has 0 unspecified atom stereocenters. The van der Waals surface area contributed by atoms with Crippen LogP contribution in [0.5, 0.6) is 5.75 Å². The fourth-order valence-electron chi connectivity index (χ4n) is 4.44. The average molecular weight is 573 g/mol. The van der Waals surface area contributed by atoms with Crippen LogP contribution in [0.15, 0.2) is 126 Å². The van der Waals surface area contributed by atoms with Gasteiger partial charge in [0, 0.05) is 27.8 Å². The standard InChI is InChI=1S/C34H25FN4O2S/c35-27-9-6-7-23(19-27)21-41-32-18-17-24-8-4-5-12-29(24)30(32)20-36-39-33(40)26-15-13-25(14-16-26)31-22-42-34(38-31)37-28-10-2-1-3-11-28/h1-20,22H,21H2,(H,37,38)(H,39,40)/b36-20-. The number of hydrogen-bond donors (Lipinski definition) is 2. The number of ether oxygens (including phenoxy) is 1. The summed E-state index contributed by atoms with van der Waals surface area (Å²) in [5.74, 6) is -0.0850. The topological polar surface area (TPSA) is 75.6 Å². The molecule has 2 N–H and O–H groups in total. The van der Waals surface area contributed by atoms with Crippen LogP contribution in [0.1, 0.15) is 21.5 Å². The molecule has 1 aromatic heterocycles. The van der Waals surface area contributed by atoms with Crippen LogP contribution in [0.3, 0.4) is 0 Å². The van der Waals surface area contributed by atoms with Crippen molar-refractivity contribution in [2.45, 2.75) is 6.61 Å². The van der Waals surface area contributed by atoms with Crippen molar-refractivity contribution in [3.8, 4) is 17.0 Å². The van der Waals surface area contributed by atoms with E-state index in [2.05, 4.69) is 20.8 Å². The molecule has 0 aliphatic heterocycles. The molecule has 206 valence electrons. The maximum absolute atomic E-state index is 13.6. The summed E-state index contributed by atoms with van der Waals surface area (Å²) in [6, 6.07) is 35.0. The van der Waals surface area contributed by atoms with E-state index >= 15 is 0 Å². The molecule has 0 aliphatic carbocycles. The molecule has 0 spiro atoms. The number of rotatable bonds is 9. The summed E-state index contributed by atoms with van der Waals surface area (Å²) in [5.41, 5.74) is 7.21. The van der Waals surface area contributed by atoms with Gasteiger partial charge >= 0.3 is 0 Å². The first-order valence-electron chi connectivity index (χ1n) is 13.2. The van der Waals surface area contributed by atoms with Crippen molar-refractivity contribution < 1.29 is 13.9 Å². The average Bonchev–Trinajstić information content (AvgIpc) is 3.49. The number of carbonyl (C=O) groups excluding carboxylic acids is 1. The summed E-state index contributed by atoms with van der Waals surface area (Å²) >= 11 is 1.52. The Kier molecular flexibility index (Phi) is 7.96. The van der Waals surface area contributed by atoms with Crippen LogP contribution in [0.2, 0.25) is 0 Å². The molecule has 42 heavy (non-hydrogen) atoms. The zero-order chi connectivity index (χ0) is 28.7. The first-order chi connectivity index (χ1) is 20.6. The Morgan fingerprint density at radius 3 is 2.55 bits per heavy atom. The number of nitrogens with one attached hydrogen (secondary N) is 2. The molecule has 6 aromatic rings. The molecule has 1 amide bonds. The predicted molar refractivity (Wildman–Crippen MR) is 167 cm³/mol. The second-order valence-electron chi connectivity index (χ2n) is 9.42. The number of amides is 1. The van der Waals surface area contributed by atoms with Gasteiger partial charge in [-0.2, -0.15) is 5.10 Å². The number of benzene rings is 5. The molecule has 5 aromatic carbocycles. The van der Waals surface area contributed by atoms with E-state index in [1.54, 1.807) is 30.5 Å².